The zero-order valence-corrected chi connectivity index (χ0v) is 13.0. The minimum absolute atomic E-state index is 0.0887. The Bertz CT molecular complexity index is 560. The van der Waals surface area contributed by atoms with Gasteiger partial charge in [-0.3, -0.25) is 9.59 Å². The first-order chi connectivity index (χ1) is 9.79. The molecule has 0 bridgehead atoms. The first kappa shape index (κ1) is 15.3. The molecular weight excluding hydrogens is 264 g/mol. The maximum absolute atomic E-state index is 12.9. The van der Waals surface area contributed by atoms with Crippen LogP contribution >= 0.6 is 0 Å². The highest BCUT2D eigenvalue weighted by Crippen LogP contribution is 2.35. The van der Waals surface area contributed by atoms with Crippen LogP contribution in [0.1, 0.15) is 31.1 Å². The van der Waals surface area contributed by atoms with E-state index in [0.29, 0.717) is 5.56 Å². The van der Waals surface area contributed by atoms with Crippen molar-refractivity contribution in [1.29, 1.82) is 0 Å². The largest absolute Gasteiger partial charge is 0.323 e. The first-order valence-electron chi connectivity index (χ1n) is 7.06. The van der Waals surface area contributed by atoms with Crippen LogP contribution in [0.25, 0.3) is 0 Å². The van der Waals surface area contributed by atoms with Gasteiger partial charge < -0.3 is 9.80 Å². The van der Waals surface area contributed by atoms with E-state index in [-0.39, 0.29) is 23.4 Å². The number of carbonyl (C=O) groups excluding carboxylic acids is 2. The van der Waals surface area contributed by atoms with Crippen molar-refractivity contribution < 1.29 is 9.59 Å². The molecule has 0 aromatic heterocycles. The maximum atomic E-state index is 12.9. The third-order valence-electron chi connectivity index (χ3n) is 3.78. The molecule has 0 aliphatic carbocycles. The Morgan fingerprint density at radius 3 is 2.29 bits per heavy atom. The first-order valence-corrected chi connectivity index (χ1v) is 7.06. The number of benzene rings is 1. The number of amides is 2. The maximum Gasteiger partial charge on any atom is 0.256 e. The van der Waals surface area contributed by atoms with E-state index >= 15 is 0 Å². The van der Waals surface area contributed by atoms with Gasteiger partial charge in [0, 0.05) is 18.0 Å². The average molecular weight is 286 g/mol. The SMILES string of the molecule is C=CC1C(=O)N(C)[C@H](C(C)(C)C)N1C(=O)c1ccccc1. The normalized spacial score (nSPS) is 22.6. The molecule has 1 unspecified atom stereocenters. The summed E-state index contributed by atoms with van der Waals surface area (Å²) in [7, 11) is 1.74. The lowest BCUT2D eigenvalue weighted by Crippen LogP contribution is -2.50. The molecule has 112 valence electrons. The molecule has 0 spiro atoms. The van der Waals surface area contributed by atoms with Crippen LogP contribution in [0.4, 0.5) is 0 Å². The van der Waals surface area contributed by atoms with Crippen LogP contribution in [0.2, 0.25) is 0 Å². The van der Waals surface area contributed by atoms with Gasteiger partial charge in [0.05, 0.1) is 0 Å². The number of likely N-dealkylation sites (N-methyl/N-ethyl adjacent to an activating group) is 1. The Hall–Kier alpha value is -2.10. The van der Waals surface area contributed by atoms with Gasteiger partial charge in [-0.15, -0.1) is 6.58 Å². The summed E-state index contributed by atoms with van der Waals surface area (Å²) < 4.78 is 0. The lowest BCUT2D eigenvalue weighted by molar-refractivity contribution is -0.129. The van der Waals surface area contributed by atoms with Crippen LogP contribution in [0, 0.1) is 5.41 Å². The molecular formula is C17H22N2O2. The van der Waals surface area contributed by atoms with Gasteiger partial charge in [-0.25, -0.2) is 0 Å². The minimum Gasteiger partial charge on any atom is -0.323 e. The summed E-state index contributed by atoms with van der Waals surface area (Å²) in [6.07, 6.45) is 1.26. The molecule has 1 aliphatic rings. The zero-order chi connectivity index (χ0) is 15.8. The molecule has 2 atom stereocenters. The van der Waals surface area contributed by atoms with Crippen molar-refractivity contribution in [1.82, 2.24) is 9.80 Å². The molecule has 2 amide bonds. The number of carbonyl (C=O) groups is 2. The van der Waals surface area contributed by atoms with Crippen molar-refractivity contribution in [3.8, 4) is 0 Å². The molecule has 0 radical (unpaired) electrons. The van der Waals surface area contributed by atoms with Crippen LogP contribution in [0.15, 0.2) is 43.0 Å². The van der Waals surface area contributed by atoms with Gasteiger partial charge in [-0.05, 0) is 12.1 Å². The van der Waals surface area contributed by atoms with Gasteiger partial charge in [0.2, 0.25) is 0 Å². The summed E-state index contributed by atoms with van der Waals surface area (Å²) in [5.41, 5.74) is 0.341. The second-order valence-electron chi connectivity index (χ2n) is 6.45. The van der Waals surface area contributed by atoms with Gasteiger partial charge in [-0.1, -0.05) is 45.0 Å². The fourth-order valence-corrected chi connectivity index (χ4v) is 2.97. The van der Waals surface area contributed by atoms with Gasteiger partial charge >= 0.3 is 0 Å². The minimum atomic E-state index is -0.605. The van der Waals surface area contributed by atoms with Crippen molar-refractivity contribution in [2.75, 3.05) is 7.05 Å². The van der Waals surface area contributed by atoms with Crippen LogP contribution in [-0.2, 0) is 4.79 Å². The third kappa shape index (κ3) is 2.58. The van der Waals surface area contributed by atoms with Crippen molar-refractivity contribution in [3.05, 3.63) is 48.6 Å². The second-order valence-corrected chi connectivity index (χ2v) is 6.45. The highest BCUT2D eigenvalue weighted by Gasteiger charge is 2.50. The van der Waals surface area contributed by atoms with Gasteiger partial charge in [0.25, 0.3) is 11.8 Å². The quantitative estimate of drug-likeness (QED) is 0.784. The number of nitrogens with zero attached hydrogens (tertiary/aromatic N) is 2. The fourth-order valence-electron chi connectivity index (χ4n) is 2.97. The fraction of sp³-hybridized carbons (Fsp3) is 0.412. The molecule has 0 N–H and O–H groups in total. The van der Waals surface area contributed by atoms with Crippen LogP contribution in [-0.4, -0.2) is 40.9 Å². The van der Waals surface area contributed by atoms with E-state index in [1.165, 1.54) is 0 Å². The molecule has 1 saturated heterocycles. The van der Waals surface area contributed by atoms with E-state index in [4.69, 9.17) is 0 Å². The molecule has 4 heteroatoms. The third-order valence-corrected chi connectivity index (χ3v) is 3.78. The zero-order valence-electron chi connectivity index (χ0n) is 13.0. The lowest BCUT2D eigenvalue weighted by atomic mass is 9.90. The average Bonchev–Trinajstić information content (AvgIpc) is 2.70. The Morgan fingerprint density at radius 1 is 1.24 bits per heavy atom. The van der Waals surface area contributed by atoms with E-state index in [2.05, 4.69) is 6.58 Å². The summed E-state index contributed by atoms with van der Waals surface area (Å²) in [5.74, 6) is -0.229. The summed E-state index contributed by atoms with van der Waals surface area (Å²) in [6.45, 7) is 9.81. The Labute approximate surface area is 126 Å². The Morgan fingerprint density at radius 2 is 1.81 bits per heavy atom. The summed E-state index contributed by atoms with van der Waals surface area (Å²) in [6, 6.07) is 8.44. The number of hydrogen-bond donors (Lipinski definition) is 0. The molecule has 1 aromatic carbocycles. The highest BCUT2D eigenvalue weighted by atomic mass is 16.2. The van der Waals surface area contributed by atoms with Crippen LogP contribution < -0.4 is 0 Å². The van der Waals surface area contributed by atoms with Crippen molar-refractivity contribution in [2.24, 2.45) is 5.41 Å². The molecule has 0 saturated carbocycles. The molecule has 1 aliphatic heterocycles. The van der Waals surface area contributed by atoms with E-state index in [1.807, 2.05) is 39.0 Å². The highest BCUT2D eigenvalue weighted by molar-refractivity contribution is 6.00. The standard InChI is InChI=1S/C17H22N2O2/c1-6-13-15(21)18(5)16(17(2,3)4)19(13)14(20)12-10-8-7-9-11-12/h6-11,13,16H,1H2,2-5H3/t13?,16-/m0/s1. The topological polar surface area (TPSA) is 40.6 Å². The summed E-state index contributed by atoms with van der Waals surface area (Å²) in [5, 5.41) is 0. The van der Waals surface area contributed by atoms with Gasteiger partial charge in [-0.2, -0.15) is 0 Å². The van der Waals surface area contributed by atoms with Crippen molar-refractivity contribution in [2.45, 2.75) is 33.0 Å². The summed E-state index contributed by atoms with van der Waals surface area (Å²) in [4.78, 5) is 28.6. The molecule has 1 fully saturated rings. The Kier molecular flexibility index (Phi) is 3.90. The Balaban J connectivity index is 2.48. The summed E-state index contributed by atoms with van der Waals surface area (Å²) >= 11 is 0. The van der Waals surface area contributed by atoms with E-state index in [0.717, 1.165) is 0 Å². The van der Waals surface area contributed by atoms with Crippen LogP contribution in [0.5, 0.6) is 0 Å². The van der Waals surface area contributed by atoms with Crippen molar-refractivity contribution in [3.63, 3.8) is 0 Å². The number of rotatable bonds is 2. The number of hydrogen-bond acceptors (Lipinski definition) is 2. The predicted molar refractivity (Wildman–Crippen MR) is 82.6 cm³/mol. The van der Waals surface area contributed by atoms with E-state index < -0.39 is 6.04 Å². The second kappa shape index (κ2) is 5.35. The van der Waals surface area contributed by atoms with Gasteiger partial charge in [0.1, 0.15) is 12.2 Å². The predicted octanol–water partition coefficient (Wildman–Crippen LogP) is 2.53. The molecule has 1 aromatic rings. The van der Waals surface area contributed by atoms with E-state index in [9.17, 15) is 9.59 Å². The smallest absolute Gasteiger partial charge is 0.256 e. The van der Waals surface area contributed by atoms with Crippen molar-refractivity contribution >= 4 is 11.8 Å². The molecule has 4 nitrogen and oxygen atoms in total. The molecule has 2 rings (SSSR count). The monoisotopic (exact) mass is 286 g/mol. The van der Waals surface area contributed by atoms with Crippen LogP contribution in [0.3, 0.4) is 0 Å². The van der Waals surface area contributed by atoms with Gasteiger partial charge in [0.15, 0.2) is 0 Å². The molecule has 1 heterocycles. The molecule has 21 heavy (non-hydrogen) atoms. The lowest BCUT2D eigenvalue weighted by Gasteiger charge is -2.38. The van der Waals surface area contributed by atoms with E-state index in [1.54, 1.807) is 35.1 Å².